The van der Waals surface area contributed by atoms with Crippen LogP contribution in [0.5, 0.6) is 0 Å². The summed E-state index contributed by atoms with van der Waals surface area (Å²) in [5, 5.41) is 0. The van der Waals surface area contributed by atoms with E-state index in [1.54, 1.807) is 6.08 Å². The molecule has 0 aromatic rings. The minimum absolute atomic E-state index is 1.10. The maximum atomic E-state index is 3.59. The van der Waals surface area contributed by atoms with Crippen LogP contribution >= 0.6 is 0 Å². The van der Waals surface area contributed by atoms with Crippen LogP contribution in [0, 0.1) is 0 Å². The van der Waals surface area contributed by atoms with Crippen LogP contribution in [-0.2, 0) is 0 Å². The van der Waals surface area contributed by atoms with Gasteiger partial charge in [0.1, 0.15) is 0 Å². The summed E-state index contributed by atoms with van der Waals surface area (Å²) in [6.45, 7) is 15.8. The van der Waals surface area contributed by atoms with Gasteiger partial charge in [0.15, 0.2) is 0 Å². The zero-order valence-electron chi connectivity index (χ0n) is 10.2. The van der Waals surface area contributed by atoms with Crippen LogP contribution in [-0.4, -0.2) is 0 Å². The van der Waals surface area contributed by atoms with Gasteiger partial charge in [0, 0.05) is 0 Å². The van der Waals surface area contributed by atoms with E-state index in [1.807, 2.05) is 40.7 Å². The number of hydrogen-bond acceptors (Lipinski definition) is 0. The first kappa shape index (κ1) is 18.1. The molecule has 0 bridgehead atoms. The number of hydrogen-bond donors (Lipinski definition) is 0. The van der Waals surface area contributed by atoms with Crippen LogP contribution in [0.15, 0.2) is 36.5 Å². The molecule has 0 amide bonds. The molecule has 0 fully saturated rings. The largest absolute Gasteiger partial charge is 0.0991 e. The fourth-order valence-electron chi connectivity index (χ4n) is 0.610. The van der Waals surface area contributed by atoms with E-state index in [4.69, 9.17) is 0 Å². The second kappa shape index (κ2) is 22.5. The summed E-state index contributed by atoms with van der Waals surface area (Å²) >= 11 is 0. The van der Waals surface area contributed by atoms with Gasteiger partial charge in [0.25, 0.3) is 0 Å². The topological polar surface area (TPSA) is 0 Å². The summed E-state index contributed by atoms with van der Waals surface area (Å²) in [6, 6.07) is 0. The van der Waals surface area contributed by atoms with Gasteiger partial charge in [0.05, 0.1) is 0 Å². The quantitative estimate of drug-likeness (QED) is 0.530. The van der Waals surface area contributed by atoms with E-state index in [9.17, 15) is 0 Å². The summed E-state index contributed by atoms with van der Waals surface area (Å²) in [4.78, 5) is 0. The molecule has 0 heterocycles. The number of allylic oxidation sites excluding steroid dienone is 5. The lowest BCUT2D eigenvalue weighted by molar-refractivity contribution is 1.14. The average Bonchev–Trinajstić information content (AvgIpc) is 2.25. The van der Waals surface area contributed by atoms with E-state index in [2.05, 4.69) is 25.7 Å². The van der Waals surface area contributed by atoms with Gasteiger partial charge in [-0.2, -0.15) is 0 Å². The Kier molecular flexibility index (Phi) is 31.3. The molecule has 0 radical (unpaired) electrons. The number of rotatable bonds is 3. The minimum atomic E-state index is 1.10. The van der Waals surface area contributed by atoms with Crippen LogP contribution in [0.2, 0.25) is 0 Å². The van der Waals surface area contributed by atoms with Gasteiger partial charge in [-0.15, -0.1) is 0 Å². The fraction of sp³-hybridized carbons (Fsp3) is 0.538. The molecule has 0 atom stereocenters. The highest BCUT2D eigenvalue weighted by atomic mass is 13.9. The Labute approximate surface area is 85.1 Å². The summed E-state index contributed by atoms with van der Waals surface area (Å²) in [5.41, 5.74) is 1.36. The van der Waals surface area contributed by atoms with Crippen LogP contribution in [0.4, 0.5) is 0 Å². The maximum absolute atomic E-state index is 3.59. The third-order valence-electron chi connectivity index (χ3n) is 1.23. The maximum Gasteiger partial charge on any atom is -0.0311 e. The molecule has 0 nitrogen and oxygen atoms in total. The Morgan fingerprint density at radius 3 is 1.85 bits per heavy atom. The molecule has 0 N–H and O–H groups in total. The van der Waals surface area contributed by atoms with Crippen molar-refractivity contribution in [2.24, 2.45) is 0 Å². The van der Waals surface area contributed by atoms with Crippen LogP contribution in [0.1, 0.15) is 48.0 Å². The molecular formula is C13H26. The summed E-state index contributed by atoms with van der Waals surface area (Å²) in [7, 11) is 0. The lowest BCUT2D eigenvalue weighted by Gasteiger charge is -1.90. The van der Waals surface area contributed by atoms with Crippen molar-refractivity contribution >= 4 is 0 Å². The van der Waals surface area contributed by atoms with E-state index in [0.717, 1.165) is 6.42 Å². The van der Waals surface area contributed by atoms with Crippen LogP contribution < -0.4 is 0 Å². The molecule has 0 saturated heterocycles. The normalized spacial score (nSPS) is 9.54. The van der Waals surface area contributed by atoms with Crippen molar-refractivity contribution in [3.05, 3.63) is 36.5 Å². The zero-order chi connectivity index (χ0) is 11.1. The highest BCUT2D eigenvalue weighted by Crippen LogP contribution is 2.00. The third kappa shape index (κ3) is 18.3. The summed E-state index contributed by atoms with van der Waals surface area (Å²) in [5.74, 6) is 0. The molecular weight excluding hydrogens is 156 g/mol. The second-order valence-electron chi connectivity index (χ2n) is 1.81. The molecule has 0 aromatic heterocycles. The molecule has 0 aromatic carbocycles. The Balaban J connectivity index is -0.000000218. The van der Waals surface area contributed by atoms with Crippen molar-refractivity contribution in [2.75, 3.05) is 0 Å². The molecule has 78 valence electrons. The van der Waals surface area contributed by atoms with Gasteiger partial charge < -0.3 is 0 Å². The predicted molar refractivity (Wildman–Crippen MR) is 66.1 cm³/mol. The highest BCUT2D eigenvalue weighted by Gasteiger charge is 1.80. The predicted octanol–water partition coefficient (Wildman–Crippen LogP) is 5.14. The average molecular weight is 182 g/mol. The third-order valence-corrected chi connectivity index (χ3v) is 1.23. The van der Waals surface area contributed by atoms with Gasteiger partial charge in [-0.1, -0.05) is 71.1 Å². The summed E-state index contributed by atoms with van der Waals surface area (Å²) in [6.07, 6.45) is 9.03. The lowest BCUT2D eigenvalue weighted by Crippen LogP contribution is -1.69. The van der Waals surface area contributed by atoms with E-state index in [-0.39, 0.29) is 0 Å². The van der Waals surface area contributed by atoms with E-state index in [0.29, 0.717) is 0 Å². The minimum Gasteiger partial charge on any atom is -0.0991 e. The fourth-order valence-corrected chi connectivity index (χ4v) is 0.610. The SMILES string of the molecule is C=C/C=C\C(=C/C)CC.CC.CC. The Morgan fingerprint density at radius 1 is 1.15 bits per heavy atom. The molecule has 0 aliphatic heterocycles. The smallest absolute Gasteiger partial charge is 0.0311 e. The van der Waals surface area contributed by atoms with Crippen LogP contribution in [0.3, 0.4) is 0 Å². The molecule has 0 spiro atoms. The van der Waals surface area contributed by atoms with Crippen molar-refractivity contribution < 1.29 is 0 Å². The Bertz CT molecular complexity index is 127. The molecule has 13 heavy (non-hydrogen) atoms. The van der Waals surface area contributed by atoms with Crippen molar-refractivity contribution in [2.45, 2.75) is 48.0 Å². The standard InChI is InChI=1S/C9H14.2C2H6/c1-4-7-8-9(5-2)6-3;2*1-2/h4-5,7-8H,1,6H2,2-3H3;2*1-2H3/b8-7-,9-5-;;. The molecule has 0 rings (SSSR count). The van der Waals surface area contributed by atoms with Gasteiger partial charge >= 0.3 is 0 Å². The lowest BCUT2D eigenvalue weighted by atomic mass is 10.2. The van der Waals surface area contributed by atoms with Gasteiger partial charge in [-0.05, 0) is 13.3 Å². The first-order valence-electron chi connectivity index (χ1n) is 5.29. The van der Waals surface area contributed by atoms with Crippen molar-refractivity contribution in [3.63, 3.8) is 0 Å². The van der Waals surface area contributed by atoms with Crippen molar-refractivity contribution in [1.82, 2.24) is 0 Å². The Morgan fingerprint density at radius 2 is 1.62 bits per heavy atom. The zero-order valence-corrected chi connectivity index (χ0v) is 10.2. The highest BCUT2D eigenvalue weighted by molar-refractivity contribution is 5.20. The molecule has 0 unspecified atom stereocenters. The van der Waals surface area contributed by atoms with E-state index >= 15 is 0 Å². The molecule has 0 aliphatic carbocycles. The van der Waals surface area contributed by atoms with Gasteiger partial charge in [-0.25, -0.2) is 0 Å². The van der Waals surface area contributed by atoms with E-state index < -0.39 is 0 Å². The molecule has 0 heteroatoms. The second-order valence-corrected chi connectivity index (χ2v) is 1.81. The first-order valence-corrected chi connectivity index (χ1v) is 5.29. The van der Waals surface area contributed by atoms with Crippen LogP contribution in [0.25, 0.3) is 0 Å². The van der Waals surface area contributed by atoms with Gasteiger partial charge in [0.2, 0.25) is 0 Å². The molecule has 0 aliphatic rings. The van der Waals surface area contributed by atoms with Gasteiger partial charge in [-0.3, -0.25) is 0 Å². The molecule has 0 saturated carbocycles. The summed E-state index contributed by atoms with van der Waals surface area (Å²) < 4.78 is 0. The van der Waals surface area contributed by atoms with E-state index in [1.165, 1.54) is 5.57 Å². The van der Waals surface area contributed by atoms with Crippen molar-refractivity contribution in [3.8, 4) is 0 Å². The monoisotopic (exact) mass is 182 g/mol. The Hall–Kier alpha value is -0.780. The first-order chi connectivity index (χ1) is 6.35. The van der Waals surface area contributed by atoms with Crippen molar-refractivity contribution in [1.29, 1.82) is 0 Å².